The number of ether oxygens (including phenoxy) is 1. The van der Waals surface area contributed by atoms with Gasteiger partial charge in [-0.3, -0.25) is 0 Å². The summed E-state index contributed by atoms with van der Waals surface area (Å²) in [6.07, 6.45) is 3.53. The van der Waals surface area contributed by atoms with Crippen LogP contribution in [0.2, 0.25) is 5.15 Å². The van der Waals surface area contributed by atoms with Gasteiger partial charge in [-0.15, -0.1) is 0 Å². The van der Waals surface area contributed by atoms with Gasteiger partial charge in [0.15, 0.2) is 11.0 Å². The van der Waals surface area contributed by atoms with Crippen LogP contribution in [0.5, 0.6) is 5.75 Å². The maximum Gasteiger partial charge on any atom is 0.163 e. The van der Waals surface area contributed by atoms with E-state index < -0.39 is 0 Å². The van der Waals surface area contributed by atoms with E-state index in [1.54, 1.807) is 7.11 Å². The number of benzene rings is 2. The van der Waals surface area contributed by atoms with Crippen LogP contribution in [0.25, 0.3) is 5.69 Å². The molecule has 2 aromatic heterocycles. The lowest BCUT2D eigenvalue weighted by Crippen LogP contribution is -2.38. The van der Waals surface area contributed by atoms with Crippen LogP contribution in [-0.4, -0.2) is 28.2 Å². The summed E-state index contributed by atoms with van der Waals surface area (Å²) in [6, 6.07) is 22.6. The third-order valence-electron chi connectivity index (χ3n) is 5.52. The number of hydrogen-bond donors (Lipinski definition) is 1. The van der Waals surface area contributed by atoms with E-state index in [1.165, 1.54) is 11.9 Å². The second-order valence-corrected chi connectivity index (χ2v) is 7.70. The van der Waals surface area contributed by atoms with Gasteiger partial charge >= 0.3 is 0 Å². The first-order valence-electron chi connectivity index (χ1n) is 10.1. The predicted molar refractivity (Wildman–Crippen MR) is 122 cm³/mol. The summed E-state index contributed by atoms with van der Waals surface area (Å²) in [5.41, 5.74) is 4.17. The van der Waals surface area contributed by atoms with E-state index in [1.807, 2.05) is 42.6 Å². The van der Waals surface area contributed by atoms with Crippen molar-refractivity contribution in [2.24, 2.45) is 0 Å². The van der Waals surface area contributed by atoms with Crippen molar-refractivity contribution in [1.29, 1.82) is 0 Å². The van der Waals surface area contributed by atoms with Crippen molar-refractivity contribution in [2.75, 3.05) is 18.6 Å². The molecule has 31 heavy (non-hydrogen) atoms. The fourth-order valence-corrected chi connectivity index (χ4v) is 4.29. The molecule has 5 rings (SSSR count). The second-order valence-electron chi connectivity index (χ2n) is 7.34. The van der Waals surface area contributed by atoms with Gasteiger partial charge in [-0.2, -0.15) is 0 Å². The molecule has 6 nitrogen and oxygen atoms in total. The number of fused-ring (bicyclic) bond motifs is 3. The first-order chi connectivity index (χ1) is 15.3. The van der Waals surface area contributed by atoms with Gasteiger partial charge in [-0.1, -0.05) is 41.9 Å². The minimum Gasteiger partial charge on any atom is -0.497 e. The standard InChI is InChI=1S/C24H22ClN5O/c1-31-19-11-9-18(10-12-19)30-21(15-26-14-17-6-3-2-4-7-17)20-8-5-13-29(20)22-23(25)27-16-28-24(22)30/h2-13,16,21,26H,14-15H2,1H3. The van der Waals surface area contributed by atoms with E-state index in [2.05, 4.69) is 55.1 Å². The largest absolute Gasteiger partial charge is 0.497 e. The summed E-state index contributed by atoms with van der Waals surface area (Å²) in [6.45, 7) is 1.51. The average Bonchev–Trinajstić information content (AvgIpc) is 3.30. The highest BCUT2D eigenvalue weighted by Gasteiger charge is 2.34. The Hall–Kier alpha value is -3.35. The Labute approximate surface area is 186 Å². The van der Waals surface area contributed by atoms with E-state index in [0.717, 1.165) is 41.7 Å². The van der Waals surface area contributed by atoms with Crippen LogP contribution in [0.1, 0.15) is 17.3 Å². The van der Waals surface area contributed by atoms with Crippen LogP contribution in [0.15, 0.2) is 79.3 Å². The monoisotopic (exact) mass is 431 g/mol. The van der Waals surface area contributed by atoms with Crippen molar-refractivity contribution < 1.29 is 4.74 Å². The molecule has 0 radical (unpaired) electrons. The summed E-state index contributed by atoms with van der Waals surface area (Å²) >= 11 is 6.53. The lowest BCUT2D eigenvalue weighted by Gasteiger charge is -2.39. The Kier molecular flexibility index (Phi) is 5.32. The second kappa shape index (κ2) is 8.41. The van der Waals surface area contributed by atoms with Crippen molar-refractivity contribution in [3.63, 3.8) is 0 Å². The fraction of sp³-hybridized carbons (Fsp3) is 0.167. The maximum atomic E-state index is 6.53. The van der Waals surface area contributed by atoms with Crippen LogP contribution >= 0.6 is 11.6 Å². The number of nitrogens with zero attached hydrogens (tertiary/aromatic N) is 4. The Morgan fingerprint density at radius 1 is 1.00 bits per heavy atom. The van der Waals surface area contributed by atoms with Gasteiger partial charge in [0.2, 0.25) is 0 Å². The zero-order chi connectivity index (χ0) is 21.2. The van der Waals surface area contributed by atoms with Gasteiger partial charge in [0.1, 0.15) is 17.8 Å². The zero-order valence-electron chi connectivity index (χ0n) is 17.1. The third-order valence-corrected chi connectivity index (χ3v) is 5.80. The molecule has 0 saturated heterocycles. The van der Waals surface area contributed by atoms with Crippen molar-refractivity contribution in [2.45, 2.75) is 12.6 Å². The van der Waals surface area contributed by atoms with E-state index >= 15 is 0 Å². The molecule has 0 aliphatic carbocycles. The SMILES string of the molecule is COc1ccc(N2c3ncnc(Cl)c3-n3cccc3C2CNCc2ccccc2)cc1. The molecule has 0 saturated carbocycles. The van der Waals surface area contributed by atoms with Crippen LogP contribution in [0, 0.1) is 0 Å². The molecular formula is C24H22ClN5O. The Bertz CT molecular complexity index is 1180. The molecular weight excluding hydrogens is 410 g/mol. The molecule has 0 fully saturated rings. The van der Waals surface area contributed by atoms with Gasteiger partial charge < -0.3 is 19.5 Å². The van der Waals surface area contributed by atoms with Gasteiger partial charge in [-0.25, -0.2) is 9.97 Å². The number of aromatic nitrogens is 3. The number of rotatable bonds is 6. The molecule has 0 amide bonds. The molecule has 1 aliphatic heterocycles. The summed E-state index contributed by atoms with van der Waals surface area (Å²) in [7, 11) is 1.67. The molecule has 2 aromatic carbocycles. The summed E-state index contributed by atoms with van der Waals surface area (Å²) in [5.74, 6) is 1.59. The molecule has 1 aliphatic rings. The molecule has 4 aromatic rings. The molecule has 3 heterocycles. The minimum absolute atomic E-state index is 0.0190. The molecule has 0 bridgehead atoms. The topological polar surface area (TPSA) is 55.2 Å². The number of methoxy groups -OCH3 is 1. The molecule has 1 atom stereocenters. The molecule has 1 N–H and O–H groups in total. The molecule has 1 unspecified atom stereocenters. The lowest BCUT2D eigenvalue weighted by atomic mass is 10.1. The average molecular weight is 432 g/mol. The Morgan fingerprint density at radius 2 is 1.81 bits per heavy atom. The van der Waals surface area contributed by atoms with Crippen LogP contribution in [0.3, 0.4) is 0 Å². The third kappa shape index (κ3) is 3.65. The molecule has 7 heteroatoms. The minimum atomic E-state index is 0.0190. The number of nitrogens with one attached hydrogen (secondary N) is 1. The van der Waals surface area contributed by atoms with Crippen LogP contribution in [0.4, 0.5) is 11.5 Å². The predicted octanol–water partition coefficient (Wildman–Crippen LogP) is 4.91. The number of halogens is 1. The first-order valence-corrected chi connectivity index (χ1v) is 10.5. The highest BCUT2D eigenvalue weighted by molar-refractivity contribution is 6.31. The van der Waals surface area contributed by atoms with Crippen LogP contribution in [-0.2, 0) is 6.54 Å². The van der Waals surface area contributed by atoms with Crippen LogP contribution < -0.4 is 15.0 Å². The van der Waals surface area contributed by atoms with Gasteiger partial charge in [0.25, 0.3) is 0 Å². The smallest absolute Gasteiger partial charge is 0.163 e. The van der Waals surface area contributed by atoms with Gasteiger partial charge in [0, 0.05) is 30.7 Å². The Morgan fingerprint density at radius 3 is 2.58 bits per heavy atom. The highest BCUT2D eigenvalue weighted by atomic mass is 35.5. The van der Waals surface area contributed by atoms with E-state index in [4.69, 9.17) is 16.3 Å². The van der Waals surface area contributed by atoms with E-state index in [0.29, 0.717) is 5.15 Å². The van der Waals surface area contributed by atoms with E-state index in [-0.39, 0.29) is 6.04 Å². The van der Waals surface area contributed by atoms with Gasteiger partial charge in [0.05, 0.1) is 13.2 Å². The maximum absolute atomic E-state index is 6.53. The van der Waals surface area contributed by atoms with Crippen molar-refractivity contribution >= 4 is 23.1 Å². The van der Waals surface area contributed by atoms with Crippen molar-refractivity contribution in [1.82, 2.24) is 19.9 Å². The number of anilines is 2. The van der Waals surface area contributed by atoms with Crippen molar-refractivity contribution in [3.8, 4) is 11.4 Å². The van der Waals surface area contributed by atoms with Crippen molar-refractivity contribution in [3.05, 3.63) is 95.7 Å². The first kappa shape index (κ1) is 19.6. The fourth-order valence-electron chi connectivity index (χ4n) is 4.07. The highest BCUT2D eigenvalue weighted by Crippen LogP contribution is 2.44. The quantitative estimate of drug-likeness (QED) is 0.439. The zero-order valence-corrected chi connectivity index (χ0v) is 17.8. The summed E-state index contributed by atoms with van der Waals surface area (Å²) in [5, 5.41) is 4.04. The summed E-state index contributed by atoms with van der Waals surface area (Å²) in [4.78, 5) is 11.1. The normalized spacial score (nSPS) is 14.8. The molecule has 0 spiro atoms. The van der Waals surface area contributed by atoms with Gasteiger partial charge in [-0.05, 0) is 42.0 Å². The Balaban J connectivity index is 1.55. The van der Waals surface area contributed by atoms with E-state index in [9.17, 15) is 0 Å². The lowest BCUT2D eigenvalue weighted by molar-refractivity contribution is 0.415. The molecule has 156 valence electrons. The summed E-state index contributed by atoms with van der Waals surface area (Å²) < 4.78 is 7.44. The number of hydrogen-bond acceptors (Lipinski definition) is 5.